The van der Waals surface area contributed by atoms with Gasteiger partial charge in [-0.3, -0.25) is 4.79 Å². The molecule has 0 radical (unpaired) electrons. The molecule has 0 unspecified atom stereocenters. The molecule has 3 rings (SSSR count). The van der Waals surface area contributed by atoms with Crippen LogP contribution in [-0.2, 0) is 11.3 Å². The summed E-state index contributed by atoms with van der Waals surface area (Å²) in [4.78, 5) is 13.8. The molecule has 25 heavy (non-hydrogen) atoms. The number of hydrogen-bond donors (Lipinski definition) is 2. The summed E-state index contributed by atoms with van der Waals surface area (Å²) in [5.41, 5.74) is 4.94. The second-order valence-corrected chi connectivity index (χ2v) is 6.91. The van der Waals surface area contributed by atoms with Gasteiger partial charge in [0.2, 0.25) is 5.91 Å². The van der Waals surface area contributed by atoms with E-state index in [1.165, 1.54) is 10.5 Å². The topological polar surface area (TPSA) is 45.9 Å². The van der Waals surface area contributed by atoms with Gasteiger partial charge in [-0.2, -0.15) is 5.10 Å². The van der Waals surface area contributed by atoms with Gasteiger partial charge in [-0.15, -0.1) is 0 Å². The molecule has 0 saturated carbocycles. The van der Waals surface area contributed by atoms with Crippen molar-refractivity contribution in [3.8, 4) is 0 Å². The highest BCUT2D eigenvalue weighted by molar-refractivity contribution is 6.30. The number of piperidine rings is 1. The van der Waals surface area contributed by atoms with E-state index in [0.29, 0.717) is 0 Å². The van der Waals surface area contributed by atoms with Gasteiger partial charge < -0.3 is 4.90 Å². The Hall–Kier alpha value is -2.17. The van der Waals surface area contributed by atoms with Crippen LogP contribution < -0.4 is 10.3 Å². The predicted octanol–water partition coefficient (Wildman–Crippen LogP) is 2.29. The first kappa shape index (κ1) is 17.6. The molecule has 1 fully saturated rings. The number of carbonyl (C=O) groups is 1. The van der Waals surface area contributed by atoms with Crippen molar-refractivity contribution in [2.24, 2.45) is 11.0 Å². The van der Waals surface area contributed by atoms with Gasteiger partial charge in [0.25, 0.3) is 0 Å². The van der Waals surface area contributed by atoms with E-state index in [1.807, 2.05) is 42.5 Å². The van der Waals surface area contributed by atoms with Crippen LogP contribution in [0.2, 0.25) is 5.02 Å². The number of nitrogens with one attached hydrogen (secondary N) is 2. The Morgan fingerprint density at radius 2 is 1.80 bits per heavy atom. The Morgan fingerprint density at radius 3 is 2.48 bits per heavy atom. The number of nitrogens with zero attached hydrogens (tertiary/aromatic N) is 1. The first-order valence-electron chi connectivity index (χ1n) is 8.67. The van der Waals surface area contributed by atoms with Gasteiger partial charge in [0.05, 0.1) is 25.2 Å². The summed E-state index contributed by atoms with van der Waals surface area (Å²) in [6.45, 7) is 2.99. The third kappa shape index (κ3) is 5.41. The predicted molar refractivity (Wildman–Crippen MR) is 101 cm³/mol. The maximum atomic E-state index is 12.2. The van der Waals surface area contributed by atoms with Gasteiger partial charge in [0, 0.05) is 23.4 Å². The van der Waals surface area contributed by atoms with E-state index in [-0.39, 0.29) is 11.8 Å². The zero-order chi connectivity index (χ0) is 17.5. The van der Waals surface area contributed by atoms with E-state index in [9.17, 15) is 4.79 Å². The lowest BCUT2D eigenvalue weighted by molar-refractivity contribution is -0.919. The summed E-state index contributed by atoms with van der Waals surface area (Å²) >= 11 is 5.93. The molecule has 2 aromatic carbocycles. The van der Waals surface area contributed by atoms with Crippen molar-refractivity contribution >= 4 is 23.7 Å². The molecule has 1 aliphatic heterocycles. The molecular formula is C20H23ClN3O+. The molecule has 0 aromatic heterocycles. The van der Waals surface area contributed by atoms with Gasteiger partial charge in [0.1, 0.15) is 6.54 Å². The van der Waals surface area contributed by atoms with Crippen LogP contribution in [0.15, 0.2) is 59.7 Å². The summed E-state index contributed by atoms with van der Waals surface area (Å²) in [6.07, 6.45) is 3.48. The van der Waals surface area contributed by atoms with Crippen LogP contribution in [0, 0.1) is 5.92 Å². The molecule has 0 bridgehead atoms. The van der Waals surface area contributed by atoms with E-state index in [0.717, 1.165) is 43.1 Å². The van der Waals surface area contributed by atoms with Crippen molar-refractivity contribution in [3.05, 3.63) is 70.7 Å². The number of carbonyl (C=O) groups excluding carboxylic acids is 1. The number of rotatable bonds is 5. The highest BCUT2D eigenvalue weighted by Gasteiger charge is 2.27. The number of hydrogen-bond acceptors (Lipinski definition) is 2. The van der Waals surface area contributed by atoms with Crippen molar-refractivity contribution in [1.29, 1.82) is 0 Å². The summed E-state index contributed by atoms with van der Waals surface area (Å²) in [6, 6.07) is 17.8. The Morgan fingerprint density at radius 1 is 1.12 bits per heavy atom. The molecule has 2 aromatic rings. The van der Waals surface area contributed by atoms with Crippen molar-refractivity contribution in [2.45, 2.75) is 19.4 Å². The maximum absolute atomic E-state index is 12.2. The fourth-order valence-corrected chi connectivity index (χ4v) is 3.28. The molecule has 0 atom stereocenters. The van der Waals surface area contributed by atoms with E-state index in [1.54, 1.807) is 6.21 Å². The normalized spacial score (nSPS) is 20.5. The second-order valence-electron chi connectivity index (χ2n) is 6.47. The van der Waals surface area contributed by atoms with Crippen LogP contribution in [0.5, 0.6) is 0 Å². The highest BCUT2D eigenvalue weighted by Crippen LogP contribution is 2.11. The van der Waals surface area contributed by atoms with E-state index in [2.05, 4.69) is 22.7 Å². The summed E-state index contributed by atoms with van der Waals surface area (Å²) < 4.78 is 0. The summed E-state index contributed by atoms with van der Waals surface area (Å²) in [5, 5.41) is 4.84. The van der Waals surface area contributed by atoms with E-state index in [4.69, 9.17) is 11.6 Å². The SMILES string of the molecule is O=C(N/N=C\c1ccccc1)C1CC[NH+](Cc2ccc(Cl)cc2)CC1. The fourth-order valence-electron chi connectivity index (χ4n) is 3.16. The zero-order valence-electron chi connectivity index (χ0n) is 14.1. The minimum Gasteiger partial charge on any atom is -0.331 e. The van der Waals surface area contributed by atoms with Crippen molar-refractivity contribution in [2.75, 3.05) is 13.1 Å². The van der Waals surface area contributed by atoms with Crippen LogP contribution >= 0.6 is 11.6 Å². The molecule has 1 aliphatic rings. The Balaban J connectivity index is 1.43. The lowest BCUT2D eigenvalue weighted by atomic mass is 9.96. The number of halogens is 1. The Labute approximate surface area is 153 Å². The molecule has 130 valence electrons. The van der Waals surface area contributed by atoms with Gasteiger partial charge in [-0.05, 0) is 17.7 Å². The average Bonchev–Trinajstić information content (AvgIpc) is 2.65. The first-order valence-corrected chi connectivity index (χ1v) is 9.04. The lowest BCUT2D eigenvalue weighted by Crippen LogP contribution is -3.11. The second kappa shape index (κ2) is 8.79. The fraction of sp³-hybridized carbons (Fsp3) is 0.300. The van der Waals surface area contributed by atoms with Crippen LogP contribution in [0.4, 0.5) is 0 Å². The molecule has 0 spiro atoms. The van der Waals surface area contributed by atoms with Gasteiger partial charge in [0.15, 0.2) is 0 Å². The third-order valence-corrected chi connectivity index (χ3v) is 4.87. The molecule has 4 nitrogen and oxygen atoms in total. The quantitative estimate of drug-likeness (QED) is 0.626. The average molecular weight is 357 g/mol. The first-order chi connectivity index (χ1) is 12.2. The van der Waals surface area contributed by atoms with Crippen molar-refractivity contribution < 1.29 is 9.69 Å². The van der Waals surface area contributed by atoms with Crippen LogP contribution in [0.3, 0.4) is 0 Å². The number of hydrazone groups is 1. The molecule has 1 amide bonds. The van der Waals surface area contributed by atoms with Crippen LogP contribution in [-0.4, -0.2) is 25.2 Å². The Kier molecular flexibility index (Phi) is 6.20. The molecule has 0 aliphatic carbocycles. The summed E-state index contributed by atoms with van der Waals surface area (Å²) in [5.74, 6) is 0.0830. The van der Waals surface area contributed by atoms with Crippen molar-refractivity contribution in [1.82, 2.24) is 5.43 Å². The van der Waals surface area contributed by atoms with Gasteiger partial charge >= 0.3 is 0 Å². The third-order valence-electron chi connectivity index (χ3n) is 4.62. The molecular weight excluding hydrogens is 334 g/mol. The molecule has 1 saturated heterocycles. The molecule has 1 heterocycles. The largest absolute Gasteiger partial charge is 0.331 e. The number of amides is 1. The highest BCUT2D eigenvalue weighted by atomic mass is 35.5. The zero-order valence-corrected chi connectivity index (χ0v) is 14.9. The van der Waals surface area contributed by atoms with Gasteiger partial charge in [-0.1, -0.05) is 54.1 Å². The van der Waals surface area contributed by atoms with Gasteiger partial charge in [-0.25, -0.2) is 5.43 Å². The molecule has 2 N–H and O–H groups in total. The lowest BCUT2D eigenvalue weighted by Gasteiger charge is -2.28. The smallest absolute Gasteiger partial charge is 0.243 e. The monoisotopic (exact) mass is 356 g/mol. The summed E-state index contributed by atoms with van der Waals surface area (Å²) in [7, 11) is 0. The van der Waals surface area contributed by atoms with E-state index >= 15 is 0 Å². The number of likely N-dealkylation sites (tertiary alicyclic amines) is 1. The minimum atomic E-state index is 0.0257. The van der Waals surface area contributed by atoms with E-state index < -0.39 is 0 Å². The standard InChI is InChI=1S/C20H22ClN3O/c21-19-8-6-17(7-9-19)15-24-12-10-18(11-13-24)20(25)23-22-14-16-4-2-1-3-5-16/h1-9,14,18H,10-13,15H2,(H,23,25)/p+1/b22-14-. The van der Waals surface area contributed by atoms with Crippen LogP contribution in [0.25, 0.3) is 0 Å². The molecule has 5 heteroatoms. The minimum absolute atomic E-state index is 0.0257. The number of quaternary nitrogens is 1. The Bertz CT molecular complexity index is 707. The van der Waals surface area contributed by atoms with Crippen molar-refractivity contribution in [3.63, 3.8) is 0 Å². The number of benzene rings is 2. The van der Waals surface area contributed by atoms with Crippen LogP contribution in [0.1, 0.15) is 24.0 Å². The maximum Gasteiger partial charge on any atom is 0.243 e.